The summed E-state index contributed by atoms with van der Waals surface area (Å²) in [7, 11) is 0. The van der Waals surface area contributed by atoms with E-state index in [2.05, 4.69) is 4.90 Å². The number of rotatable bonds is 6. The number of hydrogen-bond acceptors (Lipinski definition) is 6. The maximum Gasteiger partial charge on any atom is 0.197 e. The molecule has 35 heavy (non-hydrogen) atoms. The fourth-order valence-electron chi connectivity index (χ4n) is 4.38. The fraction of sp³-hybridized carbons (Fsp3) is 0.276. The number of benzene rings is 3. The van der Waals surface area contributed by atoms with Crippen LogP contribution in [0.1, 0.15) is 29.2 Å². The smallest absolute Gasteiger partial charge is 0.197 e. The Bertz CT molecular complexity index is 1390. The van der Waals surface area contributed by atoms with E-state index >= 15 is 0 Å². The van der Waals surface area contributed by atoms with Crippen molar-refractivity contribution in [2.45, 2.75) is 32.5 Å². The van der Waals surface area contributed by atoms with Gasteiger partial charge in [-0.1, -0.05) is 35.9 Å². The Kier molecular flexibility index (Phi) is 6.32. The first-order chi connectivity index (χ1) is 16.9. The van der Waals surface area contributed by atoms with Crippen LogP contribution in [-0.2, 0) is 18.7 Å². The molecule has 2 heterocycles. The minimum Gasteiger partial charge on any atom is -0.492 e. The lowest BCUT2D eigenvalue weighted by Crippen LogP contribution is -2.30. The first kappa shape index (κ1) is 23.1. The molecule has 4 aromatic rings. The Morgan fingerprint density at radius 3 is 2.74 bits per heavy atom. The van der Waals surface area contributed by atoms with E-state index < -0.39 is 5.60 Å². The van der Waals surface area contributed by atoms with E-state index in [1.165, 1.54) is 0 Å². The lowest BCUT2D eigenvalue weighted by atomic mass is 9.94. The Morgan fingerprint density at radius 2 is 1.91 bits per heavy atom. The van der Waals surface area contributed by atoms with Crippen LogP contribution in [-0.4, -0.2) is 29.8 Å². The molecule has 6 heteroatoms. The van der Waals surface area contributed by atoms with Crippen molar-refractivity contribution >= 4 is 11.0 Å². The average Bonchev–Trinajstić information content (AvgIpc) is 3.07. The van der Waals surface area contributed by atoms with Crippen LogP contribution < -0.4 is 14.9 Å². The number of aryl methyl sites for hydroxylation is 1. The molecule has 1 aliphatic rings. The van der Waals surface area contributed by atoms with Gasteiger partial charge >= 0.3 is 0 Å². The molecule has 1 aliphatic heterocycles. The normalized spacial score (nSPS) is 15.6. The van der Waals surface area contributed by atoms with Crippen LogP contribution in [0.2, 0.25) is 0 Å². The minimum atomic E-state index is -1.18. The maximum atomic E-state index is 13.1. The van der Waals surface area contributed by atoms with Gasteiger partial charge in [-0.25, -0.2) is 0 Å². The van der Waals surface area contributed by atoms with Gasteiger partial charge in [0.2, 0.25) is 0 Å². The summed E-state index contributed by atoms with van der Waals surface area (Å²) in [6.45, 7) is 6.05. The van der Waals surface area contributed by atoms with Crippen molar-refractivity contribution < 1.29 is 19.0 Å². The van der Waals surface area contributed by atoms with E-state index in [0.29, 0.717) is 48.5 Å². The highest BCUT2D eigenvalue weighted by atomic mass is 16.5. The summed E-state index contributed by atoms with van der Waals surface area (Å²) in [5, 5.41) is 11.7. The molecule has 0 saturated heterocycles. The van der Waals surface area contributed by atoms with Crippen molar-refractivity contribution in [3.8, 4) is 11.5 Å². The topological polar surface area (TPSA) is 72.1 Å². The van der Waals surface area contributed by atoms with Gasteiger partial charge in [0.15, 0.2) is 5.43 Å². The van der Waals surface area contributed by atoms with Crippen LogP contribution >= 0.6 is 0 Å². The third-order valence-electron chi connectivity index (χ3n) is 6.40. The van der Waals surface area contributed by atoms with E-state index in [9.17, 15) is 9.90 Å². The van der Waals surface area contributed by atoms with Gasteiger partial charge in [0.1, 0.15) is 35.9 Å². The largest absolute Gasteiger partial charge is 0.492 e. The lowest BCUT2D eigenvalue weighted by Gasteiger charge is -2.25. The molecule has 0 fully saturated rings. The molecule has 1 aromatic heterocycles. The minimum absolute atomic E-state index is 0.00455. The quantitative estimate of drug-likeness (QED) is 0.436. The maximum absolute atomic E-state index is 13.1. The molecular weight excluding hydrogens is 442 g/mol. The zero-order chi connectivity index (χ0) is 24.4. The second kappa shape index (κ2) is 9.56. The molecule has 6 nitrogen and oxygen atoms in total. The van der Waals surface area contributed by atoms with Crippen molar-refractivity contribution in [2.75, 3.05) is 19.8 Å². The van der Waals surface area contributed by atoms with Crippen LogP contribution in [0.15, 0.2) is 82.2 Å². The van der Waals surface area contributed by atoms with E-state index in [1.54, 1.807) is 13.2 Å². The predicted molar refractivity (Wildman–Crippen MR) is 135 cm³/mol. The van der Waals surface area contributed by atoms with Gasteiger partial charge in [-0.15, -0.1) is 0 Å². The van der Waals surface area contributed by atoms with Crippen LogP contribution in [0.5, 0.6) is 11.5 Å². The molecule has 1 unspecified atom stereocenters. The van der Waals surface area contributed by atoms with E-state index in [4.69, 9.17) is 13.9 Å². The second-order valence-electron chi connectivity index (χ2n) is 9.35. The molecule has 180 valence electrons. The van der Waals surface area contributed by atoms with E-state index in [0.717, 1.165) is 22.4 Å². The number of para-hydroxylation sites is 1. The van der Waals surface area contributed by atoms with Crippen molar-refractivity contribution in [3.05, 3.63) is 105 Å². The van der Waals surface area contributed by atoms with Crippen LogP contribution in [0, 0.1) is 6.92 Å². The Morgan fingerprint density at radius 1 is 1.09 bits per heavy atom. The highest BCUT2D eigenvalue weighted by Gasteiger charge is 2.27. The summed E-state index contributed by atoms with van der Waals surface area (Å²) < 4.78 is 17.5. The highest BCUT2D eigenvalue weighted by molar-refractivity contribution is 5.77. The van der Waals surface area contributed by atoms with Crippen molar-refractivity contribution in [2.24, 2.45) is 0 Å². The molecule has 0 radical (unpaired) electrons. The van der Waals surface area contributed by atoms with Gasteiger partial charge in [0.25, 0.3) is 0 Å². The zero-order valence-electron chi connectivity index (χ0n) is 20.0. The summed E-state index contributed by atoms with van der Waals surface area (Å²) in [6, 6.07) is 20.8. The summed E-state index contributed by atoms with van der Waals surface area (Å²) >= 11 is 0. The molecule has 0 bridgehead atoms. The predicted octanol–water partition coefficient (Wildman–Crippen LogP) is 4.78. The Balaban J connectivity index is 1.35. The van der Waals surface area contributed by atoms with Gasteiger partial charge in [0, 0.05) is 30.8 Å². The first-order valence-electron chi connectivity index (χ1n) is 11.8. The molecule has 0 aliphatic carbocycles. The summed E-state index contributed by atoms with van der Waals surface area (Å²) in [6.07, 6.45) is 1.56. The van der Waals surface area contributed by atoms with Gasteiger partial charge < -0.3 is 19.0 Å². The van der Waals surface area contributed by atoms with E-state index in [1.807, 2.05) is 73.7 Å². The Hall–Kier alpha value is -3.61. The summed E-state index contributed by atoms with van der Waals surface area (Å²) in [5.41, 5.74) is 2.76. The van der Waals surface area contributed by atoms with Crippen LogP contribution in [0.4, 0.5) is 0 Å². The molecule has 0 amide bonds. The molecule has 1 atom stereocenters. The van der Waals surface area contributed by atoms with Gasteiger partial charge in [-0.2, -0.15) is 0 Å². The zero-order valence-corrected chi connectivity index (χ0v) is 20.0. The van der Waals surface area contributed by atoms with Crippen LogP contribution in [0.25, 0.3) is 11.0 Å². The third kappa shape index (κ3) is 5.09. The van der Waals surface area contributed by atoms with Crippen molar-refractivity contribution in [3.63, 3.8) is 0 Å². The number of nitrogens with zero attached hydrogens (tertiary/aromatic N) is 1. The molecule has 0 saturated carbocycles. The van der Waals surface area contributed by atoms with Crippen molar-refractivity contribution in [1.29, 1.82) is 0 Å². The number of fused-ring (bicyclic) bond motifs is 2. The third-order valence-corrected chi connectivity index (χ3v) is 6.40. The number of ether oxygens (including phenoxy) is 2. The monoisotopic (exact) mass is 471 g/mol. The van der Waals surface area contributed by atoms with Crippen molar-refractivity contribution in [1.82, 2.24) is 4.90 Å². The SMILES string of the molecule is Cc1ccc2occ(CN3CCOc4ccc(C(C)(O)COc5ccccc5)cc4C3)c(=O)c2c1. The summed E-state index contributed by atoms with van der Waals surface area (Å²) in [5.74, 6) is 1.50. The Labute approximate surface area is 204 Å². The standard InChI is InChI=1S/C29H29NO5/c1-20-8-10-27-25(14-20)28(31)22(18-34-27)17-30-12-13-33-26-11-9-23(15-21(26)16-30)29(2,32)19-35-24-6-4-3-5-7-24/h3-11,14-15,18,32H,12-13,16-17,19H2,1-2H3. The lowest BCUT2D eigenvalue weighted by molar-refractivity contribution is 0.00748. The summed E-state index contributed by atoms with van der Waals surface area (Å²) in [4.78, 5) is 15.3. The average molecular weight is 472 g/mol. The number of aliphatic hydroxyl groups is 1. The van der Waals surface area contributed by atoms with E-state index in [-0.39, 0.29) is 12.0 Å². The molecule has 0 spiro atoms. The van der Waals surface area contributed by atoms with Gasteiger partial charge in [-0.05, 0) is 55.8 Å². The molecule has 1 N–H and O–H groups in total. The van der Waals surface area contributed by atoms with Gasteiger partial charge in [-0.3, -0.25) is 9.69 Å². The molecule has 3 aromatic carbocycles. The second-order valence-corrected chi connectivity index (χ2v) is 9.35. The molecule has 5 rings (SSSR count). The number of hydrogen-bond donors (Lipinski definition) is 1. The van der Waals surface area contributed by atoms with Gasteiger partial charge in [0.05, 0.1) is 11.6 Å². The first-order valence-corrected chi connectivity index (χ1v) is 11.8. The fourth-order valence-corrected chi connectivity index (χ4v) is 4.38. The molecular formula is C29H29NO5. The highest BCUT2D eigenvalue weighted by Crippen LogP contribution is 2.30. The van der Waals surface area contributed by atoms with Crippen LogP contribution in [0.3, 0.4) is 0 Å².